The van der Waals surface area contributed by atoms with Crippen molar-refractivity contribution in [2.75, 3.05) is 0 Å². The van der Waals surface area contributed by atoms with Crippen molar-refractivity contribution in [3.63, 3.8) is 0 Å². The van der Waals surface area contributed by atoms with Crippen molar-refractivity contribution in [2.45, 2.75) is 31.9 Å². The summed E-state index contributed by atoms with van der Waals surface area (Å²) >= 11 is 6.09. The third-order valence-corrected chi connectivity index (χ3v) is 7.05. The van der Waals surface area contributed by atoms with Gasteiger partial charge in [-0.1, -0.05) is 18.5 Å². The van der Waals surface area contributed by atoms with E-state index in [2.05, 4.69) is 30.5 Å². The molecule has 0 spiro atoms. The number of tetrazole rings is 1. The minimum atomic E-state index is -0.691. The lowest BCUT2D eigenvalue weighted by Gasteiger charge is -2.16. The number of aromatic amines is 1. The van der Waals surface area contributed by atoms with Gasteiger partial charge in [0.05, 0.1) is 35.2 Å². The summed E-state index contributed by atoms with van der Waals surface area (Å²) in [7, 11) is 0. The lowest BCUT2D eigenvalue weighted by molar-refractivity contribution is 0.270. The van der Waals surface area contributed by atoms with E-state index in [1.54, 1.807) is 16.7 Å². The Morgan fingerprint density at radius 3 is 2.79 bits per heavy atom. The second-order valence-corrected chi connectivity index (χ2v) is 9.41. The maximum absolute atomic E-state index is 15.3. The van der Waals surface area contributed by atoms with E-state index in [0.29, 0.717) is 34.9 Å². The van der Waals surface area contributed by atoms with Gasteiger partial charge in [0.25, 0.3) is 5.56 Å². The maximum Gasteiger partial charge on any atom is 0.252 e. The molecule has 0 bridgehead atoms. The van der Waals surface area contributed by atoms with Gasteiger partial charge >= 0.3 is 0 Å². The molecule has 6 rings (SSSR count). The van der Waals surface area contributed by atoms with Gasteiger partial charge in [-0.2, -0.15) is 4.68 Å². The van der Waals surface area contributed by atoms with Crippen LogP contribution < -0.4 is 5.56 Å². The fraction of sp³-hybridized carbons (Fsp3) is 0.200. The summed E-state index contributed by atoms with van der Waals surface area (Å²) in [5.41, 5.74) is 1.65. The van der Waals surface area contributed by atoms with E-state index in [-0.39, 0.29) is 33.3 Å². The first-order valence-corrected chi connectivity index (χ1v) is 12.0. The molecule has 0 aliphatic carbocycles. The molecule has 10 nitrogen and oxygen atoms in total. The number of aliphatic hydroxyl groups excluding tert-OH is 1. The van der Waals surface area contributed by atoms with E-state index in [9.17, 15) is 14.3 Å². The largest absolute Gasteiger partial charge is 0.390 e. The van der Waals surface area contributed by atoms with Gasteiger partial charge in [-0.15, -0.1) is 5.10 Å². The van der Waals surface area contributed by atoms with Crippen molar-refractivity contribution >= 4 is 11.6 Å². The maximum atomic E-state index is 15.3. The van der Waals surface area contributed by atoms with Crippen LogP contribution in [0.2, 0.25) is 5.02 Å². The van der Waals surface area contributed by atoms with Crippen LogP contribution in [0.5, 0.6) is 0 Å². The molecule has 0 fully saturated rings. The lowest BCUT2D eigenvalue weighted by atomic mass is 9.99. The number of hydrogen-bond acceptors (Lipinski definition) is 7. The Kier molecular flexibility index (Phi) is 5.84. The van der Waals surface area contributed by atoms with Crippen molar-refractivity contribution in [3.05, 3.63) is 93.3 Å². The van der Waals surface area contributed by atoms with Gasteiger partial charge < -0.3 is 14.7 Å². The minimum absolute atomic E-state index is 0.0708. The molecule has 0 radical (unpaired) electrons. The number of H-pyrrole nitrogens is 1. The van der Waals surface area contributed by atoms with Gasteiger partial charge in [0.1, 0.15) is 17.8 Å². The van der Waals surface area contributed by atoms with Crippen molar-refractivity contribution in [2.24, 2.45) is 0 Å². The van der Waals surface area contributed by atoms with Gasteiger partial charge in [-0.25, -0.2) is 13.8 Å². The molecule has 1 aliphatic heterocycles. The lowest BCUT2D eigenvalue weighted by Crippen LogP contribution is -2.24. The second kappa shape index (κ2) is 9.23. The highest BCUT2D eigenvalue weighted by atomic mass is 35.5. The Labute approximate surface area is 218 Å². The van der Waals surface area contributed by atoms with E-state index in [1.165, 1.54) is 41.6 Å². The summed E-state index contributed by atoms with van der Waals surface area (Å²) in [4.78, 5) is 24.9. The normalized spacial score (nSPS) is 16.7. The first-order valence-electron chi connectivity index (χ1n) is 11.6. The number of aromatic nitrogens is 8. The standard InChI is InChI=1S/C25H19ClF2N8O2/c1-12-6-20(25-30-9-16(32-25)14-4-5-29-17(10-37)23(14)27)36-19(12)7-13(8-21(36)38)22-18(35-11-31-33-34-35)3-2-15(26)24(22)28/h2-5,7-9,11-12,20,37H,6,10H2,1H3,(H,30,32)/t12-,20-/m0/s1. The number of nitrogens with one attached hydrogen (secondary N) is 1. The Hall–Kier alpha value is -4.29. The van der Waals surface area contributed by atoms with Crippen LogP contribution in [-0.2, 0) is 6.61 Å². The number of benzene rings is 1. The molecular formula is C25H19ClF2N8O2. The molecule has 2 N–H and O–H groups in total. The molecule has 1 aromatic carbocycles. The van der Waals surface area contributed by atoms with Gasteiger partial charge in [0.2, 0.25) is 0 Å². The van der Waals surface area contributed by atoms with E-state index in [0.717, 1.165) is 0 Å². The number of imidazole rings is 1. The van der Waals surface area contributed by atoms with Crippen LogP contribution in [0.1, 0.15) is 42.5 Å². The van der Waals surface area contributed by atoms with E-state index in [4.69, 9.17) is 11.6 Å². The van der Waals surface area contributed by atoms with Crippen LogP contribution in [0.25, 0.3) is 28.1 Å². The molecule has 5 aromatic rings. The summed E-state index contributed by atoms with van der Waals surface area (Å²) in [6.07, 6.45) is 4.76. The van der Waals surface area contributed by atoms with E-state index < -0.39 is 24.3 Å². The van der Waals surface area contributed by atoms with Crippen molar-refractivity contribution in [1.29, 1.82) is 0 Å². The molecule has 13 heteroatoms. The van der Waals surface area contributed by atoms with Crippen LogP contribution in [0.15, 0.2) is 53.8 Å². The number of pyridine rings is 2. The zero-order valence-electron chi connectivity index (χ0n) is 19.8. The quantitative estimate of drug-likeness (QED) is 0.350. The molecule has 0 saturated heterocycles. The third-order valence-electron chi connectivity index (χ3n) is 6.76. The average molecular weight is 537 g/mol. The van der Waals surface area contributed by atoms with Gasteiger partial charge in [0.15, 0.2) is 11.6 Å². The highest BCUT2D eigenvalue weighted by molar-refractivity contribution is 6.31. The molecule has 0 amide bonds. The fourth-order valence-corrected chi connectivity index (χ4v) is 5.14. The molecule has 4 aromatic heterocycles. The minimum Gasteiger partial charge on any atom is -0.390 e. The van der Waals surface area contributed by atoms with E-state index >= 15 is 4.39 Å². The molecule has 5 heterocycles. The van der Waals surface area contributed by atoms with E-state index in [1.807, 2.05) is 6.92 Å². The van der Waals surface area contributed by atoms with Crippen molar-refractivity contribution in [1.82, 2.24) is 39.7 Å². The zero-order valence-corrected chi connectivity index (χ0v) is 20.6. The number of nitrogens with zero attached hydrogens (tertiary/aromatic N) is 7. The Morgan fingerprint density at radius 1 is 1.18 bits per heavy atom. The molecule has 192 valence electrons. The first-order chi connectivity index (χ1) is 18.4. The Bertz CT molecular complexity index is 1730. The van der Waals surface area contributed by atoms with Gasteiger partial charge in [-0.05, 0) is 52.6 Å². The summed E-state index contributed by atoms with van der Waals surface area (Å²) in [5.74, 6) is -0.929. The summed E-state index contributed by atoms with van der Waals surface area (Å²) in [5, 5.41) is 20.3. The summed E-state index contributed by atoms with van der Waals surface area (Å²) < 4.78 is 33.0. The molecule has 0 saturated carbocycles. The van der Waals surface area contributed by atoms with Gasteiger partial charge in [-0.3, -0.25) is 9.78 Å². The summed E-state index contributed by atoms with van der Waals surface area (Å²) in [6, 6.07) is 7.13. The van der Waals surface area contributed by atoms with Crippen molar-refractivity contribution in [3.8, 4) is 28.1 Å². The first kappa shape index (κ1) is 24.1. The van der Waals surface area contributed by atoms with Crippen LogP contribution in [0.4, 0.5) is 8.78 Å². The number of aliphatic hydroxyl groups is 1. The SMILES string of the molecule is C[C@H]1C[C@@H](c2ncc(-c3ccnc(CO)c3F)[nH]2)n2c1cc(-c1c(-n3cnnn3)ccc(Cl)c1F)cc2=O. The fourth-order valence-electron chi connectivity index (χ4n) is 4.98. The smallest absolute Gasteiger partial charge is 0.252 e. The molecule has 2 atom stereocenters. The van der Waals surface area contributed by atoms with Crippen LogP contribution >= 0.6 is 11.6 Å². The van der Waals surface area contributed by atoms with Gasteiger partial charge in [0, 0.05) is 29.1 Å². The number of halogens is 3. The van der Waals surface area contributed by atoms with Crippen LogP contribution in [0.3, 0.4) is 0 Å². The second-order valence-electron chi connectivity index (χ2n) is 9.00. The highest BCUT2D eigenvalue weighted by Crippen LogP contribution is 2.41. The predicted octanol–water partition coefficient (Wildman–Crippen LogP) is 3.80. The average Bonchev–Trinajstić information content (AvgIpc) is 3.67. The molecule has 1 aliphatic rings. The number of hydrogen-bond donors (Lipinski definition) is 2. The Balaban J connectivity index is 1.44. The third kappa shape index (κ3) is 3.80. The number of fused-ring (bicyclic) bond motifs is 1. The van der Waals surface area contributed by atoms with Crippen molar-refractivity contribution < 1.29 is 13.9 Å². The molecule has 38 heavy (non-hydrogen) atoms. The molecule has 0 unspecified atom stereocenters. The van der Waals surface area contributed by atoms with Crippen LogP contribution in [0, 0.1) is 11.6 Å². The van der Waals surface area contributed by atoms with Crippen LogP contribution in [-0.4, -0.2) is 44.8 Å². The number of rotatable bonds is 5. The molecular weight excluding hydrogens is 518 g/mol. The monoisotopic (exact) mass is 536 g/mol. The summed E-state index contributed by atoms with van der Waals surface area (Å²) in [6.45, 7) is 1.43. The highest BCUT2D eigenvalue weighted by Gasteiger charge is 2.33. The Morgan fingerprint density at radius 2 is 2.03 bits per heavy atom. The zero-order chi connectivity index (χ0) is 26.6. The predicted molar refractivity (Wildman–Crippen MR) is 133 cm³/mol. The topological polar surface area (TPSA) is 127 Å².